The maximum absolute atomic E-state index is 11.5. The lowest BCUT2D eigenvalue weighted by Crippen LogP contribution is -2.11. The summed E-state index contributed by atoms with van der Waals surface area (Å²) >= 11 is 0. The van der Waals surface area contributed by atoms with E-state index in [0.29, 0.717) is 11.3 Å². The number of nitrogens with one attached hydrogen (secondary N) is 2. The van der Waals surface area contributed by atoms with Crippen molar-refractivity contribution in [3.05, 3.63) is 30.4 Å². The van der Waals surface area contributed by atoms with Crippen LogP contribution < -0.4 is 15.4 Å². The molecule has 16 heavy (non-hydrogen) atoms. The quantitative estimate of drug-likeness (QED) is 0.464. The third-order valence-electron chi connectivity index (χ3n) is 2.10. The first-order chi connectivity index (χ1) is 7.60. The van der Waals surface area contributed by atoms with Crippen LogP contribution in [0.5, 0.6) is 5.75 Å². The van der Waals surface area contributed by atoms with E-state index in [1.54, 1.807) is 21.0 Å². The van der Waals surface area contributed by atoms with Gasteiger partial charge in [-0.2, -0.15) is 0 Å². The number of ether oxygens (including phenoxy) is 1. The van der Waals surface area contributed by atoms with E-state index in [0.717, 1.165) is 11.4 Å². The molecule has 0 unspecified atom stereocenters. The van der Waals surface area contributed by atoms with Crippen LogP contribution in [0.25, 0.3) is 0 Å². The van der Waals surface area contributed by atoms with E-state index >= 15 is 0 Å². The Morgan fingerprint density at radius 2 is 1.75 bits per heavy atom. The van der Waals surface area contributed by atoms with Gasteiger partial charge in [0.2, 0.25) is 0 Å². The van der Waals surface area contributed by atoms with Crippen LogP contribution in [-0.2, 0) is 4.79 Å². The maximum atomic E-state index is 11.5. The Balaban J connectivity index is 3.09. The van der Waals surface area contributed by atoms with Crippen molar-refractivity contribution in [1.29, 1.82) is 0 Å². The molecule has 0 fully saturated rings. The minimum Gasteiger partial charge on any atom is -0.419 e. The Morgan fingerprint density at radius 1 is 1.25 bits per heavy atom. The van der Waals surface area contributed by atoms with E-state index in [9.17, 15) is 4.79 Å². The highest BCUT2D eigenvalue weighted by Gasteiger charge is 2.12. The fourth-order valence-corrected chi connectivity index (χ4v) is 1.22. The Bertz CT molecular complexity index is 391. The fraction of sp³-hybridized carbons (Fsp3) is 0.250. The van der Waals surface area contributed by atoms with Gasteiger partial charge in [-0.3, -0.25) is 0 Å². The molecule has 0 spiro atoms. The van der Waals surface area contributed by atoms with Crippen molar-refractivity contribution in [2.75, 3.05) is 24.7 Å². The van der Waals surface area contributed by atoms with Gasteiger partial charge in [0.1, 0.15) is 0 Å². The minimum absolute atomic E-state index is 0.368. The van der Waals surface area contributed by atoms with Crippen LogP contribution in [0.1, 0.15) is 6.92 Å². The first kappa shape index (κ1) is 12.1. The van der Waals surface area contributed by atoms with E-state index in [1.807, 2.05) is 18.2 Å². The summed E-state index contributed by atoms with van der Waals surface area (Å²) in [5.74, 6) is 0.0553. The standard InChI is InChI=1S/C12H16N2O2/c1-8(2)12(15)16-11-9(13-3)6-5-7-10(11)14-4/h5-7,13-14H,1H2,2-4H3. The number of benzene rings is 1. The van der Waals surface area contributed by atoms with Gasteiger partial charge in [0.05, 0.1) is 11.4 Å². The summed E-state index contributed by atoms with van der Waals surface area (Å²) < 4.78 is 5.26. The lowest BCUT2D eigenvalue weighted by atomic mass is 10.2. The molecule has 0 aliphatic rings. The lowest BCUT2D eigenvalue weighted by molar-refractivity contribution is -0.129. The molecule has 0 bridgehead atoms. The van der Waals surface area contributed by atoms with Gasteiger partial charge in [-0.1, -0.05) is 12.6 Å². The van der Waals surface area contributed by atoms with Crippen LogP contribution >= 0.6 is 0 Å². The molecule has 86 valence electrons. The van der Waals surface area contributed by atoms with Gasteiger partial charge in [-0.05, 0) is 19.1 Å². The predicted octanol–water partition coefficient (Wildman–Crippen LogP) is 2.25. The number of anilines is 2. The van der Waals surface area contributed by atoms with Crippen LogP contribution in [-0.4, -0.2) is 20.1 Å². The molecule has 0 aliphatic heterocycles. The van der Waals surface area contributed by atoms with Gasteiger partial charge >= 0.3 is 5.97 Å². The van der Waals surface area contributed by atoms with Gasteiger partial charge < -0.3 is 15.4 Å². The van der Waals surface area contributed by atoms with Crippen molar-refractivity contribution < 1.29 is 9.53 Å². The number of rotatable bonds is 4. The van der Waals surface area contributed by atoms with E-state index in [1.165, 1.54) is 0 Å². The van der Waals surface area contributed by atoms with Crippen molar-refractivity contribution >= 4 is 17.3 Å². The van der Waals surface area contributed by atoms with Crippen molar-refractivity contribution in [3.8, 4) is 5.75 Å². The van der Waals surface area contributed by atoms with Gasteiger partial charge in [-0.15, -0.1) is 0 Å². The summed E-state index contributed by atoms with van der Waals surface area (Å²) in [6.45, 7) is 5.16. The summed E-state index contributed by atoms with van der Waals surface area (Å²) in [6.07, 6.45) is 0. The monoisotopic (exact) mass is 220 g/mol. The largest absolute Gasteiger partial charge is 0.419 e. The van der Waals surface area contributed by atoms with E-state index < -0.39 is 5.97 Å². The molecule has 1 rings (SSSR count). The van der Waals surface area contributed by atoms with Crippen LogP contribution in [0.3, 0.4) is 0 Å². The molecule has 0 atom stereocenters. The normalized spacial score (nSPS) is 9.44. The van der Waals surface area contributed by atoms with E-state index in [4.69, 9.17) is 4.74 Å². The summed E-state index contributed by atoms with van der Waals surface area (Å²) in [7, 11) is 3.54. The zero-order valence-corrected chi connectivity index (χ0v) is 9.76. The van der Waals surface area contributed by atoms with Crippen molar-refractivity contribution in [2.45, 2.75) is 6.92 Å². The molecular formula is C12H16N2O2. The maximum Gasteiger partial charge on any atom is 0.338 e. The molecule has 0 amide bonds. The molecule has 2 N–H and O–H groups in total. The summed E-state index contributed by atoms with van der Waals surface area (Å²) in [5, 5.41) is 5.94. The second-order valence-corrected chi connectivity index (χ2v) is 3.35. The van der Waals surface area contributed by atoms with Gasteiger partial charge in [0.15, 0.2) is 5.75 Å². The molecule has 4 heteroatoms. The first-order valence-electron chi connectivity index (χ1n) is 4.96. The zero-order chi connectivity index (χ0) is 12.1. The van der Waals surface area contributed by atoms with E-state index in [-0.39, 0.29) is 0 Å². The zero-order valence-electron chi connectivity index (χ0n) is 9.76. The second-order valence-electron chi connectivity index (χ2n) is 3.35. The van der Waals surface area contributed by atoms with Gasteiger partial charge in [0.25, 0.3) is 0 Å². The average molecular weight is 220 g/mol. The Kier molecular flexibility index (Phi) is 3.94. The van der Waals surface area contributed by atoms with Crippen LogP contribution in [0.4, 0.5) is 11.4 Å². The third kappa shape index (κ3) is 2.53. The highest BCUT2D eigenvalue weighted by Crippen LogP contribution is 2.33. The molecule has 0 saturated carbocycles. The smallest absolute Gasteiger partial charge is 0.338 e. The molecule has 0 saturated heterocycles. The van der Waals surface area contributed by atoms with Crippen molar-refractivity contribution in [3.63, 3.8) is 0 Å². The number of hydrogen-bond donors (Lipinski definition) is 2. The molecule has 1 aromatic rings. The lowest BCUT2D eigenvalue weighted by Gasteiger charge is -2.13. The molecule has 1 aromatic carbocycles. The number of esters is 1. The molecule has 0 radical (unpaired) electrons. The Labute approximate surface area is 95.3 Å². The molecule has 4 nitrogen and oxygen atoms in total. The fourth-order valence-electron chi connectivity index (χ4n) is 1.22. The number of hydrogen-bond acceptors (Lipinski definition) is 4. The number of para-hydroxylation sites is 1. The molecule has 0 aliphatic carbocycles. The highest BCUT2D eigenvalue weighted by atomic mass is 16.5. The molecular weight excluding hydrogens is 204 g/mol. The van der Waals surface area contributed by atoms with Crippen LogP contribution in [0.2, 0.25) is 0 Å². The first-order valence-corrected chi connectivity index (χ1v) is 4.96. The Hall–Kier alpha value is -1.97. The topological polar surface area (TPSA) is 50.4 Å². The predicted molar refractivity (Wildman–Crippen MR) is 66.0 cm³/mol. The Morgan fingerprint density at radius 3 is 2.12 bits per heavy atom. The van der Waals surface area contributed by atoms with Crippen molar-refractivity contribution in [2.24, 2.45) is 0 Å². The number of carbonyl (C=O) groups is 1. The second kappa shape index (κ2) is 5.21. The van der Waals surface area contributed by atoms with Gasteiger partial charge in [0, 0.05) is 19.7 Å². The summed E-state index contributed by atoms with van der Waals surface area (Å²) in [6, 6.07) is 5.54. The molecule has 0 aromatic heterocycles. The third-order valence-corrected chi connectivity index (χ3v) is 2.10. The minimum atomic E-state index is -0.431. The SMILES string of the molecule is C=C(C)C(=O)Oc1c(NC)cccc1NC. The van der Waals surface area contributed by atoms with Crippen molar-refractivity contribution in [1.82, 2.24) is 0 Å². The van der Waals surface area contributed by atoms with Gasteiger partial charge in [-0.25, -0.2) is 4.79 Å². The highest BCUT2D eigenvalue weighted by molar-refractivity contribution is 5.91. The summed E-state index contributed by atoms with van der Waals surface area (Å²) in [4.78, 5) is 11.5. The van der Waals surface area contributed by atoms with Crippen LogP contribution in [0, 0.1) is 0 Å². The average Bonchev–Trinajstić information content (AvgIpc) is 2.29. The van der Waals surface area contributed by atoms with E-state index in [2.05, 4.69) is 17.2 Å². The number of carbonyl (C=O) groups excluding carboxylic acids is 1. The van der Waals surface area contributed by atoms with Crippen LogP contribution in [0.15, 0.2) is 30.4 Å². The summed E-state index contributed by atoms with van der Waals surface area (Å²) in [5.41, 5.74) is 1.87. The molecule has 0 heterocycles.